The third-order valence-electron chi connectivity index (χ3n) is 8.84. The highest BCUT2D eigenvalue weighted by Crippen LogP contribution is 2.43. The van der Waals surface area contributed by atoms with Gasteiger partial charge in [0.25, 0.3) is 5.91 Å². The maximum atomic E-state index is 15.5. The van der Waals surface area contributed by atoms with E-state index in [1.165, 1.54) is 11.6 Å². The molecule has 3 aromatic rings. The smallest absolute Gasteiger partial charge is 0.352 e. The summed E-state index contributed by atoms with van der Waals surface area (Å²) in [6.45, 7) is 1.82. The minimum atomic E-state index is -1.43. The van der Waals surface area contributed by atoms with Crippen molar-refractivity contribution in [3.63, 3.8) is 0 Å². The second kappa shape index (κ2) is 12.9. The Hall–Kier alpha value is -4.23. The third kappa shape index (κ3) is 5.90. The molecule has 2 amide bonds. The largest absolute Gasteiger partial charge is 0.477 e. The van der Waals surface area contributed by atoms with E-state index in [9.17, 15) is 29.1 Å². The number of hydrogen-bond acceptors (Lipinski definition) is 13. The number of β-lactam (4-membered cyclic amide) rings is 1. The van der Waals surface area contributed by atoms with Crippen LogP contribution in [0, 0.1) is 5.82 Å². The molecule has 15 nitrogen and oxygen atoms in total. The number of esters is 1. The van der Waals surface area contributed by atoms with E-state index in [-0.39, 0.29) is 55.6 Å². The molecule has 0 radical (unpaired) electrons. The van der Waals surface area contributed by atoms with Gasteiger partial charge in [0.15, 0.2) is 5.13 Å². The van der Waals surface area contributed by atoms with Crippen molar-refractivity contribution in [3.05, 3.63) is 61.2 Å². The van der Waals surface area contributed by atoms with Crippen LogP contribution in [0.1, 0.15) is 41.0 Å². The van der Waals surface area contributed by atoms with Gasteiger partial charge in [-0.05, 0) is 18.9 Å². The monoisotopic (exact) mass is 732 g/mol. The molecule has 2 saturated heterocycles. The fourth-order valence-corrected chi connectivity index (χ4v) is 8.58. The van der Waals surface area contributed by atoms with Crippen LogP contribution in [0.3, 0.4) is 0 Å². The van der Waals surface area contributed by atoms with Gasteiger partial charge in [-0.1, -0.05) is 11.6 Å². The number of amides is 2. The summed E-state index contributed by atoms with van der Waals surface area (Å²) >= 11 is 9.05. The fraction of sp³-hybridized carbons (Fsp3) is 0.400. The van der Waals surface area contributed by atoms with Gasteiger partial charge >= 0.3 is 11.9 Å². The summed E-state index contributed by atoms with van der Waals surface area (Å²) in [5.74, 6) is -4.47. The molecule has 1 aromatic carbocycles. The number of carbonyl (C=O) groups is 4. The molecule has 4 aliphatic rings. The number of benzene rings is 1. The lowest BCUT2D eigenvalue weighted by Crippen LogP contribution is -2.71. The van der Waals surface area contributed by atoms with Crippen molar-refractivity contribution in [1.82, 2.24) is 25.1 Å². The summed E-state index contributed by atoms with van der Waals surface area (Å²) in [7, 11) is 0. The van der Waals surface area contributed by atoms with E-state index in [1.807, 2.05) is 4.90 Å². The predicted molar refractivity (Wildman–Crippen MR) is 180 cm³/mol. The van der Waals surface area contributed by atoms with Crippen molar-refractivity contribution in [1.29, 1.82) is 0 Å². The average molecular weight is 733 g/mol. The number of nitrogens with two attached hydrogens (primary N) is 2. The van der Waals surface area contributed by atoms with Gasteiger partial charge in [0, 0.05) is 55.1 Å². The number of rotatable bonds is 9. The zero-order valence-electron chi connectivity index (χ0n) is 25.6. The SMILES string of the molecule is Nc1nc([C@@H](N)C(=O)NC2C(=O)N3C(C(=O)O)=C(COC(=O)c4cn(C5CC5)c5c(Cl)c(N6CCNCC6)c(F)cc5c4=O)CSC23)cs1. The lowest BCUT2D eigenvalue weighted by Gasteiger charge is -2.49. The van der Waals surface area contributed by atoms with Crippen LogP contribution in [0.15, 0.2) is 33.7 Å². The van der Waals surface area contributed by atoms with Crippen LogP contribution in [-0.2, 0) is 19.1 Å². The number of carbonyl (C=O) groups excluding carboxylic acids is 3. The van der Waals surface area contributed by atoms with Gasteiger partial charge in [0.05, 0.1) is 27.3 Å². The van der Waals surface area contributed by atoms with Crippen molar-refractivity contribution >= 4 is 80.2 Å². The number of aliphatic carboxylic acids is 1. The van der Waals surface area contributed by atoms with E-state index in [2.05, 4.69) is 15.6 Å². The molecule has 7 N–H and O–H groups in total. The molecular weight excluding hydrogens is 703 g/mol. The molecule has 3 aliphatic heterocycles. The van der Waals surface area contributed by atoms with Crippen molar-refractivity contribution in [2.24, 2.45) is 5.73 Å². The first kappa shape index (κ1) is 33.3. The number of piperazine rings is 1. The van der Waals surface area contributed by atoms with Gasteiger partial charge < -0.3 is 41.4 Å². The van der Waals surface area contributed by atoms with E-state index in [4.69, 9.17) is 27.8 Å². The lowest BCUT2D eigenvalue weighted by atomic mass is 10.0. The summed E-state index contributed by atoms with van der Waals surface area (Å²) in [6.07, 6.45) is 2.91. The molecule has 3 fully saturated rings. The number of nitrogens with zero attached hydrogens (tertiary/aromatic N) is 4. The Kier molecular flexibility index (Phi) is 8.76. The zero-order chi connectivity index (χ0) is 34.7. The topological polar surface area (TPSA) is 215 Å². The number of carboxylic acids is 1. The number of fused-ring (bicyclic) bond motifs is 2. The van der Waals surface area contributed by atoms with Crippen molar-refractivity contribution in [2.75, 3.05) is 49.2 Å². The molecule has 2 unspecified atom stereocenters. The van der Waals surface area contributed by atoms with Crippen molar-refractivity contribution in [3.8, 4) is 0 Å². The van der Waals surface area contributed by atoms with Crippen LogP contribution in [-0.4, -0.2) is 93.3 Å². The number of hydrogen-bond donors (Lipinski definition) is 5. The second-order valence-electron chi connectivity index (χ2n) is 12.0. The van der Waals surface area contributed by atoms with Crippen LogP contribution in [0.5, 0.6) is 0 Å². The molecule has 0 bridgehead atoms. The zero-order valence-corrected chi connectivity index (χ0v) is 28.0. The number of ether oxygens (including phenoxy) is 1. The Bertz CT molecular complexity index is 2010. The molecule has 19 heteroatoms. The van der Waals surface area contributed by atoms with Crippen LogP contribution < -0.4 is 32.4 Å². The number of pyridine rings is 1. The minimum absolute atomic E-state index is 0.0457. The number of anilines is 2. The fourth-order valence-electron chi connectivity index (χ4n) is 6.24. The number of halogens is 2. The van der Waals surface area contributed by atoms with Gasteiger partial charge in [-0.2, -0.15) is 0 Å². The standard InChI is InChI=1S/C30H30ClFN8O7S2/c31-18-22-14(7-16(32)23(18)38-5-3-35-4-6-38)24(41)15(8-39(22)13-1-2-13)29(46)47-9-12-10-48-27-20(26(43)40(27)21(12)28(44)45)37-25(42)19(33)17-11-49-30(34)36-17/h7-8,11,13,19-20,27,35H,1-6,9-10,33H2,(H2,34,36)(H,37,42)(H,44,45)/t19-,20?,27?/m1/s1. The molecule has 1 saturated carbocycles. The molecule has 3 atom stereocenters. The molecule has 5 heterocycles. The summed E-state index contributed by atoms with van der Waals surface area (Å²) in [6, 6.07) is -1.18. The van der Waals surface area contributed by atoms with Crippen LogP contribution in [0.2, 0.25) is 5.02 Å². The minimum Gasteiger partial charge on any atom is -0.477 e. The number of nitrogens with one attached hydrogen (secondary N) is 2. The average Bonchev–Trinajstić information content (AvgIpc) is 3.84. The molecule has 2 aromatic heterocycles. The molecule has 258 valence electrons. The van der Waals surface area contributed by atoms with E-state index in [0.717, 1.165) is 46.9 Å². The molecule has 49 heavy (non-hydrogen) atoms. The van der Waals surface area contributed by atoms with E-state index >= 15 is 4.39 Å². The summed E-state index contributed by atoms with van der Waals surface area (Å²) in [5.41, 5.74) is 11.0. The Labute approximate surface area is 290 Å². The molecule has 0 spiro atoms. The third-order valence-corrected chi connectivity index (χ3v) is 11.2. The molecule has 7 rings (SSSR count). The maximum Gasteiger partial charge on any atom is 0.352 e. The number of nitrogen functional groups attached to an aromatic ring is 1. The summed E-state index contributed by atoms with van der Waals surface area (Å²) in [5, 5.41) is 16.8. The number of aromatic nitrogens is 2. The highest BCUT2D eigenvalue weighted by molar-refractivity contribution is 8.00. The van der Waals surface area contributed by atoms with Crippen molar-refractivity contribution < 1.29 is 33.4 Å². The van der Waals surface area contributed by atoms with Crippen LogP contribution in [0.25, 0.3) is 10.9 Å². The highest BCUT2D eigenvalue weighted by Gasteiger charge is 2.54. The normalized spacial score (nSPS) is 21.3. The van der Waals surface area contributed by atoms with Crippen LogP contribution >= 0.6 is 34.7 Å². The van der Waals surface area contributed by atoms with Gasteiger partial charge in [-0.3, -0.25) is 19.3 Å². The predicted octanol–water partition coefficient (Wildman–Crippen LogP) is 1.17. The van der Waals surface area contributed by atoms with Crippen LogP contribution in [0.4, 0.5) is 15.2 Å². The van der Waals surface area contributed by atoms with Gasteiger partial charge in [-0.25, -0.2) is 19.0 Å². The van der Waals surface area contributed by atoms with Gasteiger partial charge in [0.2, 0.25) is 11.3 Å². The Morgan fingerprint density at radius 3 is 2.63 bits per heavy atom. The second-order valence-corrected chi connectivity index (χ2v) is 14.4. The summed E-state index contributed by atoms with van der Waals surface area (Å²) in [4.78, 5) is 72.0. The Balaban J connectivity index is 1.11. The molecular formula is C30H30ClFN8O7S2. The van der Waals surface area contributed by atoms with E-state index in [1.54, 1.807) is 4.57 Å². The number of thioether (sulfide) groups is 1. The summed E-state index contributed by atoms with van der Waals surface area (Å²) < 4.78 is 22.7. The number of thiazole rings is 1. The highest BCUT2D eigenvalue weighted by atomic mass is 35.5. The first-order valence-corrected chi connectivity index (χ1v) is 17.6. The quantitative estimate of drug-likeness (QED) is 0.155. The van der Waals surface area contributed by atoms with Gasteiger partial charge in [-0.15, -0.1) is 23.1 Å². The number of carboxylic acid groups (broad SMARTS) is 1. The van der Waals surface area contributed by atoms with Crippen molar-refractivity contribution in [2.45, 2.75) is 36.3 Å². The Morgan fingerprint density at radius 1 is 1.24 bits per heavy atom. The first-order chi connectivity index (χ1) is 23.5. The first-order valence-electron chi connectivity index (χ1n) is 15.3. The van der Waals surface area contributed by atoms with E-state index in [0.29, 0.717) is 31.7 Å². The maximum absolute atomic E-state index is 15.5. The van der Waals surface area contributed by atoms with E-state index < -0.39 is 59.1 Å². The Morgan fingerprint density at radius 2 is 1.98 bits per heavy atom. The lowest BCUT2D eigenvalue weighted by molar-refractivity contribution is -0.151. The molecule has 1 aliphatic carbocycles. The van der Waals surface area contributed by atoms with Gasteiger partial charge in [0.1, 0.15) is 41.1 Å².